The van der Waals surface area contributed by atoms with E-state index in [0.717, 1.165) is 17.7 Å². The van der Waals surface area contributed by atoms with E-state index in [0.29, 0.717) is 28.7 Å². The molecule has 0 spiro atoms. The predicted octanol–water partition coefficient (Wildman–Crippen LogP) is 6.06. The van der Waals surface area contributed by atoms with Crippen LogP contribution in [0.15, 0.2) is 78.9 Å². The molecule has 0 saturated heterocycles. The Bertz CT molecular complexity index is 1330. The number of aryl methyl sites for hydroxylation is 1. The van der Waals surface area contributed by atoms with E-state index < -0.39 is 0 Å². The molecule has 36 heavy (non-hydrogen) atoms. The second kappa shape index (κ2) is 11.6. The summed E-state index contributed by atoms with van der Waals surface area (Å²) in [5.74, 6) is 0.0677. The molecule has 0 aliphatic rings. The summed E-state index contributed by atoms with van der Waals surface area (Å²) in [5, 5.41) is 10.9. The summed E-state index contributed by atoms with van der Waals surface area (Å²) in [6, 6.07) is 23.6. The van der Waals surface area contributed by atoms with Gasteiger partial charge in [0.2, 0.25) is 5.91 Å². The normalized spacial score (nSPS) is 10.6. The minimum Gasteiger partial charge on any atom is -0.494 e. The van der Waals surface area contributed by atoms with E-state index in [1.54, 1.807) is 30.3 Å². The van der Waals surface area contributed by atoms with E-state index in [1.165, 1.54) is 10.2 Å². The van der Waals surface area contributed by atoms with Crippen LogP contribution in [0, 0.1) is 0 Å². The smallest absolute Gasteiger partial charge is 0.273 e. The maximum Gasteiger partial charge on any atom is 0.273 e. The summed E-state index contributed by atoms with van der Waals surface area (Å²) in [5.41, 5.74) is 4.07. The molecule has 1 aromatic heterocycles. The first-order chi connectivity index (χ1) is 17.4. The zero-order valence-corrected chi connectivity index (χ0v) is 20.9. The number of ether oxygens (including phenoxy) is 1. The highest BCUT2D eigenvalue weighted by Gasteiger charge is 2.19. The van der Waals surface area contributed by atoms with Crippen molar-refractivity contribution < 1.29 is 14.3 Å². The van der Waals surface area contributed by atoms with E-state index in [4.69, 9.17) is 16.3 Å². The number of aromatic nitrogens is 2. The van der Waals surface area contributed by atoms with Gasteiger partial charge in [0.05, 0.1) is 12.3 Å². The Morgan fingerprint density at radius 3 is 2.17 bits per heavy atom. The maximum atomic E-state index is 13.2. The van der Waals surface area contributed by atoms with Crippen LogP contribution in [0.5, 0.6) is 5.75 Å². The molecule has 184 valence electrons. The lowest BCUT2D eigenvalue weighted by Crippen LogP contribution is -2.24. The highest BCUT2D eigenvalue weighted by molar-refractivity contribution is 6.30. The predicted molar refractivity (Wildman–Crippen MR) is 143 cm³/mol. The standard InChI is InChI=1S/C28H27ClN4O3/c1-3-19-5-11-22(12-6-19)30-27(34)18-33-26(28(35)31-23-13-9-21(29)10-14-23)17-25(32-33)20-7-15-24(16-8-20)36-4-2/h5-17H,3-4,18H2,1-2H3,(H,30,34)(H,31,35). The second-order valence-electron chi connectivity index (χ2n) is 8.09. The Hall–Kier alpha value is -4.10. The van der Waals surface area contributed by atoms with Gasteiger partial charge in [-0.15, -0.1) is 0 Å². The lowest BCUT2D eigenvalue weighted by Gasteiger charge is -2.10. The van der Waals surface area contributed by atoms with E-state index >= 15 is 0 Å². The number of amides is 2. The Morgan fingerprint density at radius 1 is 0.889 bits per heavy atom. The van der Waals surface area contributed by atoms with Gasteiger partial charge < -0.3 is 15.4 Å². The molecule has 3 aromatic carbocycles. The number of hydrogen-bond acceptors (Lipinski definition) is 4. The molecule has 2 N–H and O–H groups in total. The molecule has 0 unspecified atom stereocenters. The first kappa shape index (κ1) is 25.0. The average Bonchev–Trinajstić information content (AvgIpc) is 3.30. The van der Waals surface area contributed by atoms with E-state index in [2.05, 4.69) is 22.7 Å². The van der Waals surface area contributed by atoms with Crippen LogP contribution < -0.4 is 15.4 Å². The summed E-state index contributed by atoms with van der Waals surface area (Å²) in [6.07, 6.45) is 0.919. The van der Waals surface area contributed by atoms with E-state index in [-0.39, 0.29) is 24.1 Å². The maximum absolute atomic E-state index is 13.2. The van der Waals surface area contributed by atoms with Crippen LogP contribution in [-0.4, -0.2) is 28.2 Å². The Balaban J connectivity index is 1.58. The Labute approximate surface area is 215 Å². The van der Waals surface area contributed by atoms with Gasteiger partial charge in [0, 0.05) is 22.0 Å². The number of nitrogens with zero attached hydrogens (tertiary/aromatic N) is 2. The molecule has 0 aliphatic heterocycles. The number of carbonyl (C=O) groups is 2. The van der Waals surface area contributed by atoms with Gasteiger partial charge in [0.15, 0.2) is 0 Å². The van der Waals surface area contributed by atoms with Gasteiger partial charge in [-0.25, -0.2) is 4.68 Å². The highest BCUT2D eigenvalue weighted by atomic mass is 35.5. The average molecular weight is 503 g/mol. The zero-order valence-electron chi connectivity index (χ0n) is 20.1. The van der Waals surface area contributed by atoms with Crippen molar-refractivity contribution in [3.63, 3.8) is 0 Å². The minimum atomic E-state index is -0.387. The van der Waals surface area contributed by atoms with Crippen molar-refractivity contribution in [2.75, 3.05) is 17.2 Å². The number of rotatable bonds is 9. The highest BCUT2D eigenvalue weighted by Crippen LogP contribution is 2.24. The van der Waals surface area contributed by atoms with Crippen molar-refractivity contribution in [2.24, 2.45) is 0 Å². The molecule has 0 fully saturated rings. The molecular formula is C28H27ClN4O3. The molecular weight excluding hydrogens is 476 g/mol. The second-order valence-corrected chi connectivity index (χ2v) is 8.53. The monoisotopic (exact) mass is 502 g/mol. The molecule has 0 saturated carbocycles. The number of benzene rings is 3. The number of anilines is 2. The van der Waals surface area contributed by atoms with Gasteiger partial charge in [-0.3, -0.25) is 9.59 Å². The fourth-order valence-corrected chi connectivity index (χ4v) is 3.76. The van der Waals surface area contributed by atoms with Crippen LogP contribution in [0.1, 0.15) is 29.9 Å². The molecule has 4 rings (SSSR count). The summed E-state index contributed by atoms with van der Waals surface area (Å²) >= 11 is 5.95. The topological polar surface area (TPSA) is 85.2 Å². The molecule has 0 atom stereocenters. The van der Waals surface area contributed by atoms with Crippen molar-refractivity contribution in [3.05, 3.63) is 95.1 Å². The van der Waals surface area contributed by atoms with E-state index in [1.807, 2.05) is 55.5 Å². The lowest BCUT2D eigenvalue weighted by atomic mass is 10.1. The Morgan fingerprint density at radius 2 is 1.53 bits per heavy atom. The lowest BCUT2D eigenvalue weighted by molar-refractivity contribution is -0.116. The van der Waals surface area contributed by atoms with E-state index in [9.17, 15) is 9.59 Å². The summed E-state index contributed by atoms with van der Waals surface area (Å²) in [4.78, 5) is 26.0. The fraction of sp³-hybridized carbons (Fsp3) is 0.179. The quantitative estimate of drug-likeness (QED) is 0.291. The van der Waals surface area contributed by atoms with Crippen molar-refractivity contribution in [1.29, 1.82) is 0 Å². The third-order valence-corrected chi connectivity index (χ3v) is 5.77. The van der Waals surface area contributed by atoms with Crippen LogP contribution >= 0.6 is 11.6 Å². The Kier molecular flexibility index (Phi) is 8.02. The van der Waals surface area contributed by atoms with Crippen molar-refractivity contribution in [1.82, 2.24) is 9.78 Å². The molecule has 0 bridgehead atoms. The summed E-state index contributed by atoms with van der Waals surface area (Å²) in [6.45, 7) is 4.43. The largest absolute Gasteiger partial charge is 0.494 e. The van der Waals surface area contributed by atoms with Crippen LogP contribution in [-0.2, 0) is 17.8 Å². The first-order valence-electron chi connectivity index (χ1n) is 11.7. The van der Waals surface area contributed by atoms with Gasteiger partial charge >= 0.3 is 0 Å². The van der Waals surface area contributed by atoms with Crippen molar-refractivity contribution >= 4 is 34.8 Å². The third-order valence-electron chi connectivity index (χ3n) is 5.52. The third kappa shape index (κ3) is 6.31. The fourth-order valence-electron chi connectivity index (χ4n) is 3.64. The number of carbonyl (C=O) groups excluding carboxylic acids is 2. The molecule has 7 nitrogen and oxygen atoms in total. The molecule has 4 aromatic rings. The van der Waals surface area contributed by atoms with Crippen molar-refractivity contribution in [3.8, 4) is 17.0 Å². The SMILES string of the molecule is CCOc1ccc(-c2cc(C(=O)Nc3ccc(Cl)cc3)n(CC(=O)Nc3ccc(CC)cc3)n2)cc1. The minimum absolute atomic E-state index is 0.129. The number of hydrogen-bond donors (Lipinski definition) is 2. The number of nitrogens with one attached hydrogen (secondary N) is 2. The van der Waals surface area contributed by atoms with Crippen LogP contribution in [0.4, 0.5) is 11.4 Å². The summed E-state index contributed by atoms with van der Waals surface area (Å²) in [7, 11) is 0. The summed E-state index contributed by atoms with van der Waals surface area (Å²) < 4.78 is 6.92. The molecule has 0 aliphatic carbocycles. The van der Waals surface area contributed by atoms with Gasteiger partial charge in [0.25, 0.3) is 5.91 Å². The zero-order chi connectivity index (χ0) is 25.5. The molecule has 0 radical (unpaired) electrons. The molecule has 8 heteroatoms. The van der Waals surface area contributed by atoms with Gasteiger partial charge in [0.1, 0.15) is 18.0 Å². The number of halogens is 1. The van der Waals surface area contributed by atoms with Gasteiger partial charge in [-0.2, -0.15) is 5.10 Å². The van der Waals surface area contributed by atoms with Gasteiger partial charge in [-0.05, 0) is 85.6 Å². The van der Waals surface area contributed by atoms with Crippen LogP contribution in [0.3, 0.4) is 0 Å². The van der Waals surface area contributed by atoms with Crippen LogP contribution in [0.25, 0.3) is 11.3 Å². The van der Waals surface area contributed by atoms with Crippen molar-refractivity contribution in [2.45, 2.75) is 26.8 Å². The van der Waals surface area contributed by atoms with Gasteiger partial charge in [-0.1, -0.05) is 30.7 Å². The molecule has 1 heterocycles. The molecule has 2 amide bonds. The first-order valence-corrected chi connectivity index (χ1v) is 12.1. The van der Waals surface area contributed by atoms with Crippen LogP contribution in [0.2, 0.25) is 5.02 Å².